The van der Waals surface area contributed by atoms with Gasteiger partial charge in [-0.15, -0.1) is 0 Å². The van der Waals surface area contributed by atoms with Crippen molar-refractivity contribution < 1.29 is 9.59 Å². The minimum atomic E-state index is -0.206. The molecule has 1 saturated heterocycles. The number of para-hydroxylation sites is 1. The first-order chi connectivity index (χ1) is 14.5. The summed E-state index contributed by atoms with van der Waals surface area (Å²) in [5.74, 6) is 2.19. The van der Waals surface area contributed by atoms with Crippen LogP contribution in [0.25, 0.3) is 5.69 Å². The summed E-state index contributed by atoms with van der Waals surface area (Å²) >= 11 is 0. The van der Waals surface area contributed by atoms with Crippen LogP contribution in [0.5, 0.6) is 0 Å². The standard InChI is InChI=1S/C22H26N6O2/c1-15-10-16(2)13-25(12-15)19(29)14-27-21-18(20-23-8-9-26(20)22(27)30)11-24-28(21)17-6-4-3-5-7-17/h3-7,11,15-16H,8-10,12-14H2,1-2H3/t15-,16-/m1/s1. The van der Waals surface area contributed by atoms with Gasteiger partial charge in [-0.2, -0.15) is 5.10 Å². The first-order valence-electron chi connectivity index (χ1n) is 10.6. The second-order valence-corrected chi connectivity index (χ2v) is 8.60. The van der Waals surface area contributed by atoms with E-state index in [-0.39, 0.29) is 18.5 Å². The number of carbonyl (C=O) groups excluding carboxylic acids is 2. The number of benzene rings is 1. The second-order valence-electron chi connectivity index (χ2n) is 8.60. The number of hydrogen-bond donors (Lipinski definition) is 0. The van der Waals surface area contributed by atoms with Crippen molar-refractivity contribution >= 4 is 23.6 Å². The van der Waals surface area contributed by atoms with Gasteiger partial charge < -0.3 is 4.90 Å². The van der Waals surface area contributed by atoms with Gasteiger partial charge in [-0.05, 0) is 30.4 Å². The summed E-state index contributed by atoms with van der Waals surface area (Å²) in [6, 6.07) is 9.47. The summed E-state index contributed by atoms with van der Waals surface area (Å²) in [5.41, 5.74) is 1.64. The monoisotopic (exact) mass is 406 g/mol. The van der Waals surface area contributed by atoms with Gasteiger partial charge in [-0.3, -0.25) is 19.6 Å². The average molecular weight is 406 g/mol. The Morgan fingerprint density at radius 2 is 1.87 bits per heavy atom. The van der Waals surface area contributed by atoms with E-state index in [1.165, 1.54) is 0 Å². The van der Waals surface area contributed by atoms with E-state index in [0.29, 0.717) is 36.6 Å². The fraction of sp³-hybridized carbons (Fsp3) is 0.455. The third kappa shape index (κ3) is 3.07. The van der Waals surface area contributed by atoms with Crippen LogP contribution in [0.4, 0.5) is 10.6 Å². The van der Waals surface area contributed by atoms with Gasteiger partial charge in [0.25, 0.3) is 0 Å². The van der Waals surface area contributed by atoms with Crippen LogP contribution >= 0.6 is 0 Å². The molecule has 4 heterocycles. The highest BCUT2D eigenvalue weighted by molar-refractivity contribution is 6.20. The summed E-state index contributed by atoms with van der Waals surface area (Å²) in [7, 11) is 0. The Morgan fingerprint density at radius 3 is 2.60 bits per heavy atom. The number of anilines is 1. The smallest absolute Gasteiger partial charge is 0.331 e. The molecule has 0 aliphatic carbocycles. The van der Waals surface area contributed by atoms with E-state index >= 15 is 0 Å². The molecule has 5 rings (SSSR count). The van der Waals surface area contributed by atoms with Crippen molar-refractivity contribution in [1.29, 1.82) is 0 Å². The summed E-state index contributed by atoms with van der Waals surface area (Å²) in [6.45, 7) is 6.95. The van der Waals surface area contributed by atoms with Crippen LogP contribution in [0.3, 0.4) is 0 Å². The molecule has 0 N–H and O–H groups in total. The Morgan fingerprint density at radius 1 is 1.13 bits per heavy atom. The highest BCUT2D eigenvalue weighted by Crippen LogP contribution is 2.33. The van der Waals surface area contributed by atoms with E-state index in [2.05, 4.69) is 23.9 Å². The molecule has 0 bridgehead atoms. The number of fused-ring (bicyclic) bond motifs is 3. The Balaban J connectivity index is 1.52. The number of rotatable bonds is 3. The summed E-state index contributed by atoms with van der Waals surface area (Å²) in [4.78, 5) is 36.3. The van der Waals surface area contributed by atoms with Crippen molar-refractivity contribution in [2.75, 3.05) is 37.6 Å². The SMILES string of the molecule is C[C@@H]1C[C@@H](C)CN(C(=O)CN2C(=O)N3CCN=C3c3cnn(-c4ccccc4)c32)C1. The summed E-state index contributed by atoms with van der Waals surface area (Å²) < 4.78 is 1.74. The zero-order chi connectivity index (χ0) is 20.8. The Kier molecular flexibility index (Phi) is 4.56. The van der Waals surface area contributed by atoms with Crippen LogP contribution < -0.4 is 4.90 Å². The van der Waals surface area contributed by atoms with Crippen LogP contribution in [0.2, 0.25) is 0 Å². The van der Waals surface area contributed by atoms with E-state index in [1.54, 1.807) is 20.7 Å². The molecule has 0 radical (unpaired) electrons. The van der Waals surface area contributed by atoms with Crippen molar-refractivity contribution in [2.45, 2.75) is 20.3 Å². The van der Waals surface area contributed by atoms with E-state index in [9.17, 15) is 9.59 Å². The van der Waals surface area contributed by atoms with Gasteiger partial charge in [0, 0.05) is 19.6 Å². The lowest BCUT2D eigenvalue weighted by atomic mass is 9.92. The van der Waals surface area contributed by atoms with E-state index < -0.39 is 0 Å². The maximum absolute atomic E-state index is 13.4. The fourth-order valence-corrected chi connectivity index (χ4v) is 4.86. The van der Waals surface area contributed by atoms with Gasteiger partial charge in [0.2, 0.25) is 5.91 Å². The van der Waals surface area contributed by atoms with E-state index in [4.69, 9.17) is 0 Å². The third-order valence-electron chi connectivity index (χ3n) is 6.06. The Hall–Kier alpha value is -3.16. The Bertz CT molecular complexity index is 1000. The second kappa shape index (κ2) is 7.27. The highest BCUT2D eigenvalue weighted by atomic mass is 16.2. The van der Waals surface area contributed by atoms with Crippen LogP contribution in [0, 0.1) is 11.8 Å². The minimum absolute atomic E-state index is 0.00752. The van der Waals surface area contributed by atoms with Crippen molar-refractivity contribution in [2.24, 2.45) is 16.8 Å². The number of amides is 3. The van der Waals surface area contributed by atoms with Crippen molar-refractivity contribution in [3.63, 3.8) is 0 Å². The topological polar surface area (TPSA) is 74.0 Å². The number of carbonyl (C=O) groups is 2. The summed E-state index contributed by atoms with van der Waals surface area (Å²) in [5, 5.41) is 4.55. The summed E-state index contributed by atoms with van der Waals surface area (Å²) in [6.07, 6.45) is 2.87. The van der Waals surface area contributed by atoms with Gasteiger partial charge in [0.1, 0.15) is 12.4 Å². The first kappa shape index (κ1) is 18.8. The molecule has 3 aliphatic rings. The maximum Gasteiger partial charge on any atom is 0.331 e. The largest absolute Gasteiger partial charge is 0.341 e. The third-order valence-corrected chi connectivity index (χ3v) is 6.06. The molecule has 2 atom stereocenters. The lowest BCUT2D eigenvalue weighted by molar-refractivity contribution is -0.132. The molecule has 8 heteroatoms. The van der Waals surface area contributed by atoms with Crippen molar-refractivity contribution in [3.05, 3.63) is 42.1 Å². The predicted molar refractivity (Wildman–Crippen MR) is 114 cm³/mol. The minimum Gasteiger partial charge on any atom is -0.341 e. The molecule has 30 heavy (non-hydrogen) atoms. The number of piperidine rings is 1. The lowest BCUT2D eigenvalue weighted by Crippen LogP contribution is -2.54. The van der Waals surface area contributed by atoms with Gasteiger partial charge in [0.05, 0.1) is 24.0 Å². The number of aliphatic imine (C=N–C) groups is 1. The number of amidine groups is 1. The Labute approximate surface area is 175 Å². The van der Waals surface area contributed by atoms with Crippen LogP contribution in [0.15, 0.2) is 41.5 Å². The molecule has 3 aliphatic heterocycles. The highest BCUT2D eigenvalue weighted by Gasteiger charge is 2.41. The van der Waals surface area contributed by atoms with Crippen molar-refractivity contribution in [1.82, 2.24) is 19.6 Å². The average Bonchev–Trinajstić information content (AvgIpc) is 3.38. The number of hydrogen-bond acceptors (Lipinski definition) is 4. The van der Waals surface area contributed by atoms with E-state index in [0.717, 1.165) is 30.8 Å². The number of urea groups is 1. The molecule has 1 aromatic carbocycles. The first-order valence-corrected chi connectivity index (χ1v) is 10.6. The van der Waals surface area contributed by atoms with Gasteiger partial charge >= 0.3 is 6.03 Å². The zero-order valence-corrected chi connectivity index (χ0v) is 17.4. The van der Waals surface area contributed by atoms with Crippen LogP contribution in [0.1, 0.15) is 25.8 Å². The molecular formula is C22H26N6O2. The molecule has 156 valence electrons. The normalized spacial score (nSPS) is 23.3. The van der Waals surface area contributed by atoms with Crippen LogP contribution in [-0.4, -0.2) is 70.1 Å². The van der Waals surface area contributed by atoms with Gasteiger partial charge in [-0.1, -0.05) is 32.0 Å². The molecule has 0 saturated carbocycles. The number of aromatic nitrogens is 2. The molecule has 0 spiro atoms. The number of likely N-dealkylation sites (tertiary alicyclic amines) is 1. The lowest BCUT2D eigenvalue weighted by Gasteiger charge is -2.38. The molecular weight excluding hydrogens is 380 g/mol. The van der Waals surface area contributed by atoms with Crippen molar-refractivity contribution in [3.8, 4) is 5.69 Å². The fourth-order valence-electron chi connectivity index (χ4n) is 4.86. The molecule has 1 aromatic heterocycles. The molecule has 3 amide bonds. The quantitative estimate of drug-likeness (QED) is 0.786. The molecule has 2 aromatic rings. The van der Waals surface area contributed by atoms with E-state index in [1.807, 2.05) is 35.2 Å². The zero-order valence-electron chi connectivity index (χ0n) is 17.4. The molecule has 8 nitrogen and oxygen atoms in total. The molecule has 1 fully saturated rings. The number of nitrogens with zero attached hydrogens (tertiary/aromatic N) is 6. The van der Waals surface area contributed by atoms with Gasteiger partial charge in [0.15, 0.2) is 5.82 Å². The predicted octanol–water partition coefficient (Wildman–Crippen LogP) is 2.38. The van der Waals surface area contributed by atoms with Crippen LogP contribution in [-0.2, 0) is 4.79 Å². The maximum atomic E-state index is 13.4. The molecule has 0 unspecified atom stereocenters. The van der Waals surface area contributed by atoms with Gasteiger partial charge in [-0.25, -0.2) is 9.48 Å².